The highest BCUT2D eigenvalue weighted by Crippen LogP contribution is 2.35. The van der Waals surface area contributed by atoms with Crippen LogP contribution < -0.4 is 0 Å². The first kappa shape index (κ1) is 18.4. The van der Waals surface area contributed by atoms with Gasteiger partial charge in [-0.2, -0.15) is 0 Å². The Morgan fingerprint density at radius 3 is 2.54 bits per heavy atom. The number of hydrogen-bond donors (Lipinski definition) is 0. The van der Waals surface area contributed by atoms with Crippen LogP contribution in [0.15, 0.2) is 49.1 Å². The number of amides is 1. The van der Waals surface area contributed by atoms with Crippen LogP contribution in [-0.2, 0) is 16.1 Å². The summed E-state index contributed by atoms with van der Waals surface area (Å²) in [6.45, 7) is 3.58. The number of nitrogens with zero attached hydrogens (tertiary/aromatic N) is 3. The highest BCUT2D eigenvalue weighted by Gasteiger charge is 2.46. The molecule has 0 radical (unpaired) electrons. The Morgan fingerprint density at radius 2 is 1.85 bits per heavy atom. The molecule has 2 atom stereocenters. The summed E-state index contributed by atoms with van der Waals surface area (Å²) < 4.78 is 2.00. The first-order valence-electron chi connectivity index (χ1n) is 9.58. The Balaban J connectivity index is 1.74. The van der Waals surface area contributed by atoms with Crippen LogP contribution in [0.4, 0.5) is 0 Å². The van der Waals surface area contributed by atoms with E-state index in [1.165, 1.54) is 0 Å². The molecule has 2 unspecified atom stereocenters. The van der Waals surface area contributed by atoms with E-state index in [1.54, 1.807) is 12.5 Å². The predicted molar refractivity (Wildman–Crippen MR) is 101 cm³/mol. The molecule has 0 spiro atoms. The Bertz CT molecular complexity index is 712. The van der Waals surface area contributed by atoms with Gasteiger partial charge in [-0.25, -0.2) is 4.98 Å². The van der Waals surface area contributed by atoms with Crippen molar-refractivity contribution in [2.24, 2.45) is 0 Å². The van der Waals surface area contributed by atoms with E-state index in [0.717, 1.165) is 44.2 Å². The summed E-state index contributed by atoms with van der Waals surface area (Å²) >= 11 is 0. The minimum absolute atomic E-state index is 0.0215. The lowest BCUT2D eigenvalue weighted by Crippen LogP contribution is -2.36. The first-order chi connectivity index (χ1) is 12.7. The Hall–Kier alpha value is -2.43. The number of benzene rings is 1. The second-order valence-corrected chi connectivity index (χ2v) is 6.97. The van der Waals surface area contributed by atoms with Crippen molar-refractivity contribution in [3.05, 3.63) is 54.6 Å². The van der Waals surface area contributed by atoms with Gasteiger partial charge in [0, 0.05) is 31.5 Å². The summed E-state index contributed by atoms with van der Waals surface area (Å²) in [6, 6.07) is 9.75. The molecule has 0 saturated carbocycles. The number of imidazole rings is 1. The number of likely N-dealkylation sites (tertiary alicyclic amines) is 1. The molecule has 1 aliphatic rings. The number of carbonyl (C=O) groups is 2. The minimum atomic E-state index is -0.325. The van der Waals surface area contributed by atoms with Crippen LogP contribution in [0.1, 0.15) is 50.5 Å². The van der Waals surface area contributed by atoms with Gasteiger partial charge in [-0.3, -0.25) is 9.59 Å². The molecule has 2 heterocycles. The van der Waals surface area contributed by atoms with Gasteiger partial charge in [-0.05, 0) is 18.4 Å². The Kier molecular flexibility index (Phi) is 6.21. The Labute approximate surface area is 155 Å². The third kappa shape index (κ3) is 4.03. The average molecular weight is 353 g/mol. The molecule has 1 aromatic carbocycles. The van der Waals surface area contributed by atoms with Gasteiger partial charge in [-0.1, -0.05) is 56.5 Å². The summed E-state index contributed by atoms with van der Waals surface area (Å²) in [5, 5.41) is 0. The molecule has 1 aromatic heterocycles. The van der Waals surface area contributed by atoms with E-state index in [0.29, 0.717) is 6.54 Å². The van der Waals surface area contributed by atoms with Crippen molar-refractivity contribution >= 4 is 11.7 Å². The summed E-state index contributed by atoms with van der Waals surface area (Å²) in [5.41, 5.74) is 0.962. The summed E-state index contributed by atoms with van der Waals surface area (Å²) in [5.74, 6) is -0.889. The average Bonchev–Trinajstić information content (AvgIpc) is 3.25. The molecule has 2 aromatic rings. The molecule has 1 fully saturated rings. The number of aryl methyl sites for hydroxylation is 1. The van der Waals surface area contributed by atoms with Crippen molar-refractivity contribution in [1.82, 2.24) is 14.5 Å². The number of hydrogen-bond acceptors (Lipinski definition) is 3. The maximum Gasteiger partial charge on any atom is 0.290 e. The maximum absolute atomic E-state index is 12.7. The van der Waals surface area contributed by atoms with Crippen LogP contribution in [0.3, 0.4) is 0 Å². The van der Waals surface area contributed by atoms with Crippen molar-refractivity contribution in [3.63, 3.8) is 0 Å². The zero-order chi connectivity index (χ0) is 18.4. The lowest BCUT2D eigenvalue weighted by atomic mass is 9.88. The van der Waals surface area contributed by atoms with Gasteiger partial charge >= 0.3 is 0 Å². The molecule has 1 amide bonds. The van der Waals surface area contributed by atoms with Crippen LogP contribution in [0.5, 0.6) is 0 Å². The van der Waals surface area contributed by atoms with E-state index in [-0.39, 0.29) is 23.7 Å². The zero-order valence-corrected chi connectivity index (χ0v) is 15.4. The molecule has 0 bridgehead atoms. The van der Waals surface area contributed by atoms with Crippen molar-refractivity contribution < 1.29 is 9.59 Å². The van der Waals surface area contributed by atoms with E-state index in [2.05, 4.69) is 11.9 Å². The fraction of sp³-hybridized carbons (Fsp3) is 0.476. The highest BCUT2D eigenvalue weighted by molar-refractivity contribution is 6.40. The van der Waals surface area contributed by atoms with E-state index in [9.17, 15) is 9.59 Å². The lowest BCUT2D eigenvalue weighted by molar-refractivity contribution is -0.140. The fourth-order valence-electron chi connectivity index (χ4n) is 3.85. The van der Waals surface area contributed by atoms with E-state index in [4.69, 9.17) is 0 Å². The third-order valence-corrected chi connectivity index (χ3v) is 5.18. The number of aromatic nitrogens is 2. The van der Waals surface area contributed by atoms with Crippen LogP contribution in [-0.4, -0.2) is 38.7 Å². The lowest BCUT2D eigenvalue weighted by Gasteiger charge is -2.27. The van der Waals surface area contributed by atoms with Crippen LogP contribution in [0.2, 0.25) is 0 Å². The number of rotatable bonds is 9. The zero-order valence-electron chi connectivity index (χ0n) is 15.4. The Morgan fingerprint density at radius 1 is 1.04 bits per heavy atom. The number of Topliss-reactive ketones (excluding diaryl/α,β-unsaturated/α-hetero) is 1. The molecular formula is C21H27N3O2. The van der Waals surface area contributed by atoms with Crippen molar-refractivity contribution in [2.45, 2.75) is 57.5 Å². The fourth-order valence-corrected chi connectivity index (χ4v) is 3.85. The van der Waals surface area contributed by atoms with Crippen molar-refractivity contribution in [1.29, 1.82) is 0 Å². The summed E-state index contributed by atoms with van der Waals surface area (Å²) in [7, 11) is 0. The van der Waals surface area contributed by atoms with E-state index in [1.807, 2.05) is 46.0 Å². The molecular weight excluding hydrogens is 326 g/mol. The monoisotopic (exact) mass is 353 g/mol. The van der Waals surface area contributed by atoms with E-state index >= 15 is 0 Å². The van der Waals surface area contributed by atoms with E-state index < -0.39 is 0 Å². The largest absolute Gasteiger partial charge is 0.337 e. The minimum Gasteiger partial charge on any atom is -0.337 e. The highest BCUT2D eigenvalue weighted by atomic mass is 16.2. The second kappa shape index (κ2) is 8.79. The molecule has 0 N–H and O–H groups in total. The standard InChI is InChI=1S/C21H27N3O2/c1-2-3-5-11-18-19(17-9-6-4-7-10-17)20(25)21(26)24(18)14-8-13-23-15-12-22-16-23/h4,6-7,9-10,12,15-16,18-19H,2-3,5,8,11,13-14H2,1H3. The second-order valence-electron chi connectivity index (χ2n) is 6.97. The van der Waals surface area contributed by atoms with Gasteiger partial charge in [0.25, 0.3) is 5.91 Å². The number of unbranched alkanes of at least 4 members (excludes halogenated alkanes) is 2. The molecule has 1 saturated heterocycles. The van der Waals surface area contributed by atoms with Gasteiger partial charge in [-0.15, -0.1) is 0 Å². The third-order valence-electron chi connectivity index (χ3n) is 5.18. The smallest absolute Gasteiger partial charge is 0.290 e. The molecule has 3 rings (SSSR count). The first-order valence-corrected chi connectivity index (χ1v) is 9.58. The molecule has 1 aliphatic heterocycles. The van der Waals surface area contributed by atoms with Crippen LogP contribution in [0, 0.1) is 0 Å². The van der Waals surface area contributed by atoms with Gasteiger partial charge in [0.15, 0.2) is 0 Å². The molecule has 138 valence electrons. The quantitative estimate of drug-likeness (QED) is 0.513. The summed E-state index contributed by atoms with van der Waals surface area (Å²) in [4.78, 5) is 31.3. The molecule has 0 aliphatic carbocycles. The maximum atomic E-state index is 12.7. The van der Waals surface area contributed by atoms with Crippen molar-refractivity contribution in [3.8, 4) is 0 Å². The van der Waals surface area contributed by atoms with Gasteiger partial charge < -0.3 is 9.47 Å². The normalized spacial score (nSPS) is 20.1. The van der Waals surface area contributed by atoms with Crippen LogP contribution in [0.25, 0.3) is 0 Å². The predicted octanol–water partition coefficient (Wildman–Crippen LogP) is 3.42. The molecule has 5 heteroatoms. The van der Waals surface area contributed by atoms with Crippen LogP contribution >= 0.6 is 0 Å². The topological polar surface area (TPSA) is 55.2 Å². The number of ketones is 1. The van der Waals surface area contributed by atoms with Gasteiger partial charge in [0.1, 0.15) is 0 Å². The SMILES string of the molecule is CCCCCC1C(c2ccccc2)C(=O)C(=O)N1CCCn1ccnc1. The summed E-state index contributed by atoms with van der Waals surface area (Å²) in [6.07, 6.45) is 10.5. The number of carbonyl (C=O) groups excluding carboxylic acids is 2. The van der Waals surface area contributed by atoms with Gasteiger partial charge in [0.2, 0.25) is 5.78 Å². The molecule has 5 nitrogen and oxygen atoms in total. The molecule has 26 heavy (non-hydrogen) atoms. The van der Waals surface area contributed by atoms with Gasteiger partial charge in [0.05, 0.1) is 12.2 Å². The van der Waals surface area contributed by atoms with Crippen molar-refractivity contribution in [2.75, 3.05) is 6.54 Å².